The molecule has 2 rings (SSSR count). The van der Waals surface area contributed by atoms with E-state index in [1.807, 2.05) is 0 Å². The number of rotatable bonds is 3. The van der Waals surface area contributed by atoms with Crippen LogP contribution >= 0.6 is 0 Å². The van der Waals surface area contributed by atoms with Crippen LogP contribution in [-0.4, -0.2) is 33.7 Å². The lowest BCUT2D eigenvalue weighted by Gasteiger charge is -2.11. The monoisotopic (exact) mass is 252 g/mol. The maximum atomic E-state index is 11.8. The number of hydrogen-bond donors (Lipinski definition) is 1. The van der Waals surface area contributed by atoms with Gasteiger partial charge >= 0.3 is 11.9 Å². The van der Waals surface area contributed by atoms with E-state index < -0.39 is 25.2 Å². The molecule has 0 saturated heterocycles. The van der Waals surface area contributed by atoms with Crippen molar-refractivity contribution >= 4 is 0 Å². The zero-order chi connectivity index (χ0) is 12.5. The summed E-state index contributed by atoms with van der Waals surface area (Å²) < 4.78 is 42.2. The fourth-order valence-electron chi connectivity index (χ4n) is 1.56. The highest BCUT2D eigenvalue weighted by atomic mass is 19.4. The summed E-state index contributed by atoms with van der Waals surface area (Å²) in [5.74, 6) is 0.511. The normalized spacial score (nSPS) is 15.9. The van der Waals surface area contributed by atoms with Gasteiger partial charge in [-0.25, -0.2) is 4.79 Å². The number of hydrogen-bond acceptors (Lipinski definition) is 4. The number of nitrogens with zero attached hydrogens (tertiary/aromatic N) is 3. The van der Waals surface area contributed by atoms with E-state index in [1.165, 1.54) is 4.57 Å². The number of aromatic nitrogens is 3. The molecule has 1 aliphatic rings. The van der Waals surface area contributed by atoms with E-state index in [4.69, 9.17) is 0 Å². The predicted molar refractivity (Wildman–Crippen MR) is 50.2 cm³/mol. The van der Waals surface area contributed by atoms with Crippen molar-refractivity contribution < 1.29 is 17.9 Å². The van der Waals surface area contributed by atoms with Gasteiger partial charge in [0.05, 0.1) is 6.54 Å². The fourth-order valence-corrected chi connectivity index (χ4v) is 1.56. The van der Waals surface area contributed by atoms with Crippen LogP contribution in [0.25, 0.3) is 0 Å². The molecule has 17 heavy (non-hydrogen) atoms. The number of alkyl halides is 3. The van der Waals surface area contributed by atoms with E-state index in [2.05, 4.69) is 15.2 Å². The predicted octanol–water partition coefficient (Wildman–Crippen LogP) is -0.316. The molecular weight excluding hydrogens is 241 g/mol. The van der Waals surface area contributed by atoms with Gasteiger partial charge in [0, 0.05) is 13.1 Å². The first-order valence-electron chi connectivity index (χ1n) is 4.99. The quantitative estimate of drug-likeness (QED) is 0.801. The third kappa shape index (κ3) is 2.86. The number of ether oxygens (including phenoxy) is 1. The largest absolute Gasteiger partial charge is 0.411 e. The van der Waals surface area contributed by atoms with Gasteiger partial charge in [0.1, 0.15) is 19.2 Å². The van der Waals surface area contributed by atoms with Crippen LogP contribution < -0.4 is 11.0 Å². The van der Waals surface area contributed by atoms with Crippen molar-refractivity contribution in [2.24, 2.45) is 0 Å². The van der Waals surface area contributed by atoms with E-state index in [9.17, 15) is 18.0 Å². The Kier molecular flexibility index (Phi) is 3.20. The molecule has 1 aromatic heterocycles. The first kappa shape index (κ1) is 12.1. The molecule has 0 fully saturated rings. The Morgan fingerprint density at radius 1 is 1.47 bits per heavy atom. The molecule has 0 radical (unpaired) electrons. The van der Waals surface area contributed by atoms with Crippen LogP contribution in [0.15, 0.2) is 4.79 Å². The highest BCUT2D eigenvalue weighted by Crippen LogP contribution is 2.14. The molecule has 0 saturated carbocycles. The molecule has 6 nitrogen and oxygen atoms in total. The lowest BCUT2D eigenvalue weighted by molar-refractivity contribution is -0.182. The fraction of sp³-hybridized carbons (Fsp3) is 0.750. The maximum Gasteiger partial charge on any atom is 0.411 e. The molecule has 0 bridgehead atoms. The van der Waals surface area contributed by atoms with Crippen molar-refractivity contribution in [3.05, 3.63) is 16.3 Å². The van der Waals surface area contributed by atoms with E-state index >= 15 is 0 Å². The van der Waals surface area contributed by atoms with E-state index in [1.54, 1.807) is 0 Å². The third-order valence-corrected chi connectivity index (χ3v) is 2.27. The van der Waals surface area contributed by atoms with Crippen LogP contribution in [0.1, 0.15) is 5.82 Å². The summed E-state index contributed by atoms with van der Waals surface area (Å²) in [6.45, 7) is -0.338. The van der Waals surface area contributed by atoms with Crippen LogP contribution in [-0.2, 0) is 24.6 Å². The number of fused-ring (bicyclic) bond motifs is 1. The highest BCUT2D eigenvalue weighted by Gasteiger charge is 2.27. The lowest BCUT2D eigenvalue weighted by Crippen LogP contribution is -2.34. The molecular formula is C8H11F3N4O2. The Morgan fingerprint density at radius 3 is 2.88 bits per heavy atom. The van der Waals surface area contributed by atoms with Crippen molar-refractivity contribution in [3.8, 4) is 0 Å². The smallest absolute Gasteiger partial charge is 0.350 e. The first-order valence-corrected chi connectivity index (χ1v) is 4.99. The highest BCUT2D eigenvalue weighted by molar-refractivity contribution is 4.90. The van der Waals surface area contributed by atoms with Crippen LogP contribution in [0.2, 0.25) is 0 Å². The number of halogens is 3. The standard InChI is InChI=1S/C8H11F3N4O2/c9-8(10,11)4-17-5-15-7(16)14-2-1-12-3-6(14)13-15/h12H,1-5H2. The second kappa shape index (κ2) is 4.49. The van der Waals surface area contributed by atoms with Crippen LogP contribution in [0.4, 0.5) is 13.2 Å². The Hall–Kier alpha value is -1.35. The summed E-state index contributed by atoms with van der Waals surface area (Å²) in [5.41, 5.74) is -0.441. The van der Waals surface area contributed by atoms with Crippen molar-refractivity contribution in [1.29, 1.82) is 0 Å². The second-order valence-electron chi connectivity index (χ2n) is 3.62. The van der Waals surface area contributed by atoms with Crippen molar-refractivity contribution in [2.45, 2.75) is 26.0 Å². The van der Waals surface area contributed by atoms with Gasteiger partial charge in [-0.1, -0.05) is 0 Å². The number of nitrogens with one attached hydrogen (secondary N) is 1. The minimum absolute atomic E-state index is 0.432. The summed E-state index contributed by atoms with van der Waals surface area (Å²) in [6, 6.07) is 0. The molecule has 0 amide bonds. The van der Waals surface area contributed by atoms with Crippen LogP contribution in [0.3, 0.4) is 0 Å². The van der Waals surface area contributed by atoms with Crippen molar-refractivity contribution in [3.63, 3.8) is 0 Å². The van der Waals surface area contributed by atoms with Crippen LogP contribution in [0.5, 0.6) is 0 Å². The maximum absolute atomic E-state index is 11.8. The Bertz CT molecular complexity index is 451. The van der Waals surface area contributed by atoms with Crippen molar-refractivity contribution in [1.82, 2.24) is 19.7 Å². The minimum Gasteiger partial charge on any atom is -0.350 e. The average Bonchev–Trinajstić information content (AvgIpc) is 2.55. The topological polar surface area (TPSA) is 61.1 Å². The van der Waals surface area contributed by atoms with Crippen molar-refractivity contribution in [2.75, 3.05) is 13.2 Å². The molecule has 1 aliphatic heterocycles. The lowest BCUT2D eigenvalue weighted by atomic mass is 10.4. The molecule has 96 valence electrons. The van der Waals surface area contributed by atoms with Gasteiger partial charge in [-0.15, -0.1) is 0 Å². The Labute approximate surface area is 94.0 Å². The SMILES string of the molecule is O=c1n(COCC(F)(F)F)nc2n1CCNC2. The van der Waals surface area contributed by atoms with Crippen LogP contribution in [0, 0.1) is 0 Å². The molecule has 0 spiro atoms. The average molecular weight is 252 g/mol. The zero-order valence-corrected chi connectivity index (χ0v) is 8.83. The molecule has 2 heterocycles. The third-order valence-electron chi connectivity index (χ3n) is 2.27. The molecule has 0 aromatic carbocycles. The van der Waals surface area contributed by atoms with Gasteiger partial charge in [0.15, 0.2) is 0 Å². The summed E-state index contributed by atoms with van der Waals surface area (Å²) in [5, 5.41) is 6.89. The second-order valence-corrected chi connectivity index (χ2v) is 3.62. The van der Waals surface area contributed by atoms with E-state index in [-0.39, 0.29) is 0 Å². The van der Waals surface area contributed by atoms with Gasteiger partial charge in [0.25, 0.3) is 0 Å². The summed E-state index contributed by atoms with van der Waals surface area (Å²) in [7, 11) is 0. The van der Waals surface area contributed by atoms with Gasteiger partial charge in [-0.05, 0) is 0 Å². The molecule has 9 heteroatoms. The van der Waals surface area contributed by atoms with E-state index in [0.29, 0.717) is 25.5 Å². The zero-order valence-electron chi connectivity index (χ0n) is 8.83. The summed E-state index contributed by atoms with van der Waals surface area (Å²) >= 11 is 0. The van der Waals surface area contributed by atoms with E-state index in [0.717, 1.165) is 4.68 Å². The van der Waals surface area contributed by atoms with Gasteiger partial charge in [-0.3, -0.25) is 4.57 Å². The molecule has 0 aliphatic carbocycles. The first-order chi connectivity index (χ1) is 7.97. The summed E-state index contributed by atoms with van der Waals surface area (Å²) in [4.78, 5) is 11.6. The Morgan fingerprint density at radius 2 is 2.24 bits per heavy atom. The molecule has 1 N–H and O–H groups in total. The molecule has 0 unspecified atom stereocenters. The van der Waals surface area contributed by atoms with Gasteiger partial charge < -0.3 is 10.1 Å². The summed E-state index contributed by atoms with van der Waals surface area (Å²) in [6.07, 6.45) is -4.40. The molecule has 0 atom stereocenters. The Balaban J connectivity index is 2.02. The van der Waals surface area contributed by atoms with Gasteiger partial charge in [0.2, 0.25) is 0 Å². The molecule has 1 aromatic rings. The minimum atomic E-state index is -4.40. The van der Waals surface area contributed by atoms with Gasteiger partial charge in [-0.2, -0.15) is 23.0 Å².